The lowest BCUT2D eigenvalue weighted by atomic mass is 10.1. The van der Waals surface area contributed by atoms with Gasteiger partial charge in [-0.3, -0.25) is 4.68 Å². The molecule has 1 aromatic heterocycles. The van der Waals surface area contributed by atoms with Crippen LogP contribution < -0.4 is 4.74 Å². The van der Waals surface area contributed by atoms with Crippen LogP contribution in [0.5, 0.6) is 5.75 Å². The van der Waals surface area contributed by atoms with Crippen molar-refractivity contribution in [1.29, 1.82) is 0 Å². The Kier molecular flexibility index (Phi) is 4.40. The van der Waals surface area contributed by atoms with Gasteiger partial charge in [-0.1, -0.05) is 17.3 Å². The van der Waals surface area contributed by atoms with E-state index < -0.39 is 0 Å². The Hall–Kier alpha value is -2.30. The summed E-state index contributed by atoms with van der Waals surface area (Å²) in [6, 6.07) is 9.75. The Morgan fingerprint density at radius 3 is 2.75 bits per heavy atom. The van der Waals surface area contributed by atoms with E-state index in [-0.39, 0.29) is 0 Å². The first-order valence-corrected chi connectivity index (χ1v) is 6.56. The molecule has 0 unspecified atom stereocenters. The van der Waals surface area contributed by atoms with Crippen molar-refractivity contribution in [2.45, 2.75) is 33.4 Å². The summed E-state index contributed by atoms with van der Waals surface area (Å²) in [6.07, 6.45) is 1.94. The van der Waals surface area contributed by atoms with Crippen LogP contribution in [0.25, 0.3) is 0 Å². The van der Waals surface area contributed by atoms with Crippen molar-refractivity contribution in [3.63, 3.8) is 0 Å². The Balaban J connectivity index is 2.10. The molecule has 0 atom stereocenters. The molecule has 1 N–H and O–H groups in total. The fraction of sp³-hybridized carbons (Fsp3) is 0.333. The summed E-state index contributed by atoms with van der Waals surface area (Å²) in [5.74, 6) is 0.682. The largest absolute Gasteiger partial charge is 0.487 e. The number of ether oxygens (including phenoxy) is 1. The summed E-state index contributed by atoms with van der Waals surface area (Å²) >= 11 is 0. The highest BCUT2D eigenvalue weighted by Gasteiger charge is 2.08. The van der Waals surface area contributed by atoms with Crippen LogP contribution in [-0.4, -0.2) is 20.7 Å². The lowest BCUT2D eigenvalue weighted by molar-refractivity contribution is 0.296. The lowest BCUT2D eigenvalue weighted by Gasteiger charge is -2.09. The Labute approximate surface area is 118 Å². The SMILES string of the molecule is CC(=NO)c1ccccc1OCc1ccn(C(C)C)n1. The molecule has 5 nitrogen and oxygen atoms in total. The predicted octanol–water partition coefficient (Wildman–Crippen LogP) is 3.24. The molecule has 5 heteroatoms. The average Bonchev–Trinajstić information content (AvgIpc) is 2.93. The van der Waals surface area contributed by atoms with Gasteiger partial charge in [-0.05, 0) is 39.0 Å². The summed E-state index contributed by atoms with van der Waals surface area (Å²) in [5.41, 5.74) is 2.17. The van der Waals surface area contributed by atoms with Crippen LogP contribution in [0, 0.1) is 0 Å². The summed E-state index contributed by atoms with van der Waals surface area (Å²) in [4.78, 5) is 0. The smallest absolute Gasteiger partial charge is 0.132 e. The minimum Gasteiger partial charge on any atom is -0.487 e. The van der Waals surface area contributed by atoms with Crippen LogP contribution in [0.1, 0.15) is 38.1 Å². The Morgan fingerprint density at radius 1 is 1.35 bits per heavy atom. The normalized spacial score (nSPS) is 11.9. The van der Waals surface area contributed by atoms with Gasteiger partial charge in [-0.25, -0.2) is 0 Å². The second-order valence-corrected chi connectivity index (χ2v) is 4.85. The van der Waals surface area contributed by atoms with E-state index >= 15 is 0 Å². The molecule has 0 aliphatic carbocycles. The highest BCUT2D eigenvalue weighted by molar-refractivity contribution is 6.00. The molecule has 2 aromatic rings. The van der Waals surface area contributed by atoms with Gasteiger partial charge in [0.25, 0.3) is 0 Å². The molecule has 0 fully saturated rings. The molecule has 1 aromatic carbocycles. The summed E-state index contributed by atoms with van der Waals surface area (Å²) in [7, 11) is 0. The van der Waals surface area contributed by atoms with Crippen molar-refractivity contribution >= 4 is 5.71 Å². The number of oxime groups is 1. The van der Waals surface area contributed by atoms with Crippen molar-refractivity contribution in [1.82, 2.24) is 9.78 Å². The van der Waals surface area contributed by atoms with E-state index in [2.05, 4.69) is 24.1 Å². The molecule has 2 rings (SSSR count). The van der Waals surface area contributed by atoms with Crippen LogP contribution in [0.2, 0.25) is 0 Å². The van der Waals surface area contributed by atoms with Gasteiger partial charge in [0.15, 0.2) is 0 Å². The monoisotopic (exact) mass is 273 g/mol. The molecular weight excluding hydrogens is 254 g/mol. The standard InChI is InChI=1S/C15H19N3O2/c1-11(2)18-9-8-13(16-18)10-20-15-7-5-4-6-14(15)12(3)17-19/h4-9,11,19H,10H2,1-3H3. The van der Waals surface area contributed by atoms with Crippen molar-refractivity contribution in [3.8, 4) is 5.75 Å². The van der Waals surface area contributed by atoms with Gasteiger partial charge in [0.05, 0.1) is 11.4 Å². The second kappa shape index (κ2) is 6.23. The molecule has 0 aliphatic heterocycles. The van der Waals surface area contributed by atoms with Crippen LogP contribution in [-0.2, 0) is 6.61 Å². The number of nitrogens with zero attached hydrogens (tertiary/aromatic N) is 3. The van der Waals surface area contributed by atoms with Gasteiger partial charge in [0.1, 0.15) is 12.4 Å². The quantitative estimate of drug-likeness (QED) is 0.517. The second-order valence-electron chi connectivity index (χ2n) is 4.85. The van der Waals surface area contributed by atoms with Crippen LogP contribution in [0.15, 0.2) is 41.7 Å². The summed E-state index contributed by atoms with van der Waals surface area (Å²) in [6.45, 7) is 6.27. The Bertz CT molecular complexity index is 603. The van der Waals surface area contributed by atoms with Gasteiger partial charge in [0.2, 0.25) is 0 Å². The number of benzene rings is 1. The zero-order valence-corrected chi connectivity index (χ0v) is 11.9. The molecule has 0 saturated carbocycles. The third-order valence-electron chi connectivity index (χ3n) is 3.00. The van der Waals surface area contributed by atoms with E-state index in [0.29, 0.717) is 24.1 Å². The van der Waals surface area contributed by atoms with Crippen molar-refractivity contribution in [3.05, 3.63) is 47.8 Å². The maximum absolute atomic E-state index is 8.88. The number of aromatic nitrogens is 2. The zero-order chi connectivity index (χ0) is 14.5. The van der Waals surface area contributed by atoms with Gasteiger partial charge in [-0.15, -0.1) is 0 Å². The van der Waals surface area contributed by atoms with Gasteiger partial charge < -0.3 is 9.94 Å². The minimum absolute atomic E-state index is 0.333. The minimum atomic E-state index is 0.333. The predicted molar refractivity (Wildman–Crippen MR) is 77.4 cm³/mol. The van der Waals surface area contributed by atoms with Gasteiger partial charge >= 0.3 is 0 Å². The maximum Gasteiger partial charge on any atom is 0.132 e. The molecule has 0 bridgehead atoms. The first kappa shape index (κ1) is 14.1. The lowest BCUT2D eigenvalue weighted by Crippen LogP contribution is -2.05. The van der Waals surface area contributed by atoms with E-state index in [9.17, 15) is 0 Å². The molecule has 0 amide bonds. The molecular formula is C15H19N3O2. The van der Waals surface area contributed by atoms with E-state index in [1.54, 1.807) is 6.92 Å². The van der Waals surface area contributed by atoms with E-state index in [1.807, 2.05) is 41.2 Å². The zero-order valence-electron chi connectivity index (χ0n) is 11.9. The molecule has 0 radical (unpaired) electrons. The first-order chi connectivity index (χ1) is 9.61. The van der Waals surface area contributed by atoms with Gasteiger partial charge in [0, 0.05) is 17.8 Å². The van der Waals surface area contributed by atoms with Crippen LogP contribution >= 0.6 is 0 Å². The fourth-order valence-electron chi connectivity index (χ4n) is 1.84. The molecule has 20 heavy (non-hydrogen) atoms. The number of rotatable bonds is 5. The van der Waals surface area contributed by atoms with E-state index in [4.69, 9.17) is 9.94 Å². The Morgan fingerprint density at radius 2 is 2.10 bits per heavy atom. The molecule has 0 spiro atoms. The highest BCUT2D eigenvalue weighted by Crippen LogP contribution is 2.20. The molecule has 106 valence electrons. The molecule has 0 aliphatic rings. The average molecular weight is 273 g/mol. The van der Waals surface area contributed by atoms with Crippen molar-refractivity contribution in [2.24, 2.45) is 5.16 Å². The highest BCUT2D eigenvalue weighted by atomic mass is 16.5. The summed E-state index contributed by atoms with van der Waals surface area (Å²) in [5, 5.41) is 16.5. The first-order valence-electron chi connectivity index (χ1n) is 6.56. The maximum atomic E-state index is 8.88. The molecule has 0 saturated heterocycles. The molecule has 1 heterocycles. The third kappa shape index (κ3) is 3.17. The van der Waals surface area contributed by atoms with Crippen molar-refractivity contribution in [2.75, 3.05) is 0 Å². The van der Waals surface area contributed by atoms with Crippen LogP contribution in [0.4, 0.5) is 0 Å². The van der Waals surface area contributed by atoms with Crippen molar-refractivity contribution < 1.29 is 9.94 Å². The number of hydrogen-bond acceptors (Lipinski definition) is 4. The van der Waals surface area contributed by atoms with E-state index in [1.165, 1.54) is 0 Å². The topological polar surface area (TPSA) is 59.6 Å². The van der Waals surface area contributed by atoms with Gasteiger partial charge in [-0.2, -0.15) is 5.10 Å². The van der Waals surface area contributed by atoms with E-state index in [0.717, 1.165) is 11.3 Å². The third-order valence-corrected chi connectivity index (χ3v) is 3.00. The van der Waals surface area contributed by atoms with Crippen LogP contribution in [0.3, 0.4) is 0 Å². The number of para-hydroxylation sites is 1. The summed E-state index contributed by atoms with van der Waals surface area (Å²) < 4.78 is 7.67. The fourth-order valence-corrected chi connectivity index (χ4v) is 1.84. The number of hydrogen-bond donors (Lipinski definition) is 1.